The number of nitrogens with zero attached hydrogens (tertiary/aromatic N) is 2. The monoisotopic (exact) mass is 331 g/mol. The Kier molecular flexibility index (Phi) is 4.97. The Balaban J connectivity index is 1.70. The van der Waals surface area contributed by atoms with E-state index in [1.54, 1.807) is 11.3 Å². The topological polar surface area (TPSA) is 45.2 Å². The summed E-state index contributed by atoms with van der Waals surface area (Å²) in [6.45, 7) is 0.722. The van der Waals surface area contributed by atoms with Crippen molar-refractivity contribution < 1.29 is 4.79 Å². The van der Waals surface area contributed by atoms with E-state index in [1.807, 2.05) is 23.7 Å². The molecule has 23 heavy (non-hydrogen) atoms. The van der Waals surface area contributed by atoms with Gasteiger partial charge in [0.05, 0.1) is 15.7 Å². The number of aromatic nitrogens is 1. The van der Waals surface area contributed by atoms with Crippen molar-refractivity contribution in [2.24, 2.45) is 0 Å². The number of thiazole rings is 1. The molecule has 1 saturated carbocycles. The molecule has 0 aliphatic heterocycles. The van der Waals surface area contributed by atoms with Crippen LogP contribution in [0.5, 0.6) is 0 Å². The number of rotatable bonds is 4. The number of amides is 1. The summed E-state index contributed by atoms with van der Waals surface area (Å²) in [4.78, 5) is 19.1. The number of carbonyl (C=O) groups excluding carboxylic acids is 1. The maximum absolute atomic E-state index is 12.6. The van der Waals surface area contributed by atoms with Crippen LogP contribution in [0.25, 0.3) is 10.2 Å². The lowest BCUT2D eigenvalue weighted by Gasteiger charge is -2.39. The molecule has 0 radical (unpaired) electrons. The first-order valence-electron chi connectivity index (χ1n) is 8.40. The smallest absolute Gasteiger partial charge is 0.251 e. The van der Waals surface area contributed by atoms with Gasteiger partial charge in [-0.2, -0.15) is 0 Å². The van der Waals surface area contributed by atoms with Crippen LogP contribution in [-0.2, 0) is 0 Å². The molecule has 1 fully saturated rings. The van der Waals surface area contributed by atoms with Crippen LogP contribution in [0.15, 0.2) is 23.7 Å². The van der Waals surface area contributed by atoms with Gasteiger partial charge in [-0.15, -0.1) is 11.3 Å². The summed E-state index contributed by atoms with van der Waals surface area (Å²) in [5, 5.41) is 3.18. The molecular weight excluding hydrogens is 306 g/mol. The quantitative estimate of drug-likeness (QED) is 0.869. The lowest BCUT2D eigenvalue weighted by atomic mass is 9.88. The second-order valence-corrected chi connectivity index (χ2v) is 7.64. The number of nitrogens with one attached hydrogen (secondary N) is 1. The fourth-order valence-corrected chi connectivity index (χ4v) is 4.23. The van der Waals surface area contributed by atoms with Crippen LogP contribution in [0.2, 0.25) is 0 Å². The van der Waals surface area contributed by atoms with Crippen molar-refractivity contribution in [2.75, 3.05) is 20.6 Å². The Bertz CT molecular complexity index is 672. The van der Waals surface area contributed by atoms with E-state index in [2.05, 4.69) is 29.3 Å². The Morgan fingerprint density at radius 3 is 2.70 bits per heavy atom. The van der Waals surface area contributed by atoms with Crippen molar-refractivity contribution in [2.45, 2.75) is 44.1 Å². The second kappa shape index (κ2) is 6.97. The van der Waals surface area contributed by atoms with E-state index in [0.29, 0.717) is 0 Å². The molecule has 124 valence electrons. The third-order valence-corrected chi connectivity index (χ3v) is 5.95. The molecule has 2 aromatic rings. The highest BCUT2D eigenvalue weighted by molar-refractivity contribution is 7.16. The van der Waals surface area contributed by atoms with Crippen LogP contribution in [0, 0.1) is 0 Å². The normalized spacial score (nSPS) is 18.0. The number of likely N-dealkylation sites (N-methyl/N-ethyl adjacent to an activating group) is 1. The lowest BCUT2D eigenvalue weighted by Crippen LogP contribution is -2.52. The summed E-state index contributed by atoms with van der Waals surface area (Å²) in [5.74, 6) is 0.0192. The minimum absolute atomic E-state index is 0.0192. The second-order valence-electron chi connectivity index (χ2n) is 6.75. The van der Waals surface area contributed by atoms with Gasteiger partial charge in [0.1, 0.15) is 0 Å². The van der Waals surface area contributed by atoms with E-state index in [9.17, 15) is 4.79 Å². The molecule has 1 amide bonds. The van der Waals surface area contributed by atoms with E-state index < -0.39 is 0 Å². The van der Waals surface area contributed by atoms with E-state index in [4.69, 9.17) is 0 Å². The van der Waals surface area contributed by atoms with Crippen LogP contribution in [0.4, 0.5) is 0 Å². The third-order valence-electron chi connectivity index (χ3n) is 5.15. The Labute approximate surface area is 141 Å². The predicted octanol–water partition coefficient (Wildman–Crippen LogP) is 3.68. The molecular formula is C18H25N3OS. The largest absolute Gasteiger partial charge is 0.350 e. The zero-order valence-electron chi connectivity index (χ0n) is 14.0. The minimum atomic E-state index is 0.0192. The molecule has 1 aromatic carbocycles. The van der Waals surface area contributed by atoms with Crippen LogP contribution in [0.1, 0.15) is 48.9 Å². The fraction of sp³-hybridized carbons (Fsp3) is 0.556. The molecule has 1 aliphatic rings. The summed E-state index contributed by atoms with van der Waals surface area (Å²) < 4.78 is 1.06. The zero-order valence-corrected chi connectivity index (χ0v) is 14.8. The number of hydrogen-bond acceptors (Lipinski definition) is 4. The Morgan fingerprint density at radius 2 is 2.00 bits per heavy atom. The molecule has 0 unspecified atom stereocenters. The average molecular weight is 331 g/mol. The summed E-state index contributed by atoms with van der Waals surface area (Å²) in [6, 6.07) is 5.73. The van der Waals surface area contributed by atoms with Gasteiger partial charge in [-0.25, -0.2) is 4.98 Å². The van der Waals surface area contributed by atoms with Crippen LogP contribution in [0.3, 0.4) is 0 Å². The number of carbonyl (C=O) groups is 1. The van der Waals surface area contributed by atoms with Gasteiger partial charge in [-0.1, -0.05) is 25.7 Å². The van der Waals surface area contributed by atoms with Gasteiger partial charge in [0, 0.05) is 17.6 Å². The standard InChI is InChI=1S/C18H25N3OS/c1-21(2)18(9-5-3-4-6-10-18)12-19-17(22)14-7-8-15-16(11-14)23-13-20-15/h7-8,11,13H,3-6,9-10,12H2,1-2H3,(H,19,22). The molecule has 1 aromatic heterocycles. The summed E-state index contributed by atoms with van der Waals surface area (Å²) >= 11 is 1.57. The maximum Gasteiger partial charge on any atom is 0.251 e. The molecule has 4 nitrogen and oxygen atoms in total. The highest BCUT2D eigenvalue weighted by Crippen LogP contribution is 2.30. The van der Waals surface area contributed by atoms with Crippen LogP contribution >= 0.6 is 11.3 Å². The molecule has 1 aliphatic carbocycles. The van der Waals surface area contributed by atoms with Gasteiger partial charge in [0.2, 0.25) is 0 Å². The highest BCUT2D eigenvalue weighted by Gasteiger charge is 2.33. The zero-order chi connectivity index (χ0) is 16.3. The van der Waals surface area contributed by atoms with Crippen molar-refractivity contribution in [3.63, 3.8) is 0 Å². The number of benzene rings is 1. The molecule has 1 heterocycles. The first kappa shape index (κ1) is 16.4. The molecule has 0 saturated heterocycles. The van der Waals surface area contributed by atoms with Crippen molar-refractivity contribution in [3.05, 3.63) is 29.3 Å². The average Bonchev–Trinajstić information content (AvgIpc) is 2.88. The first-order chi connectivity index (χ1) is 11.1. The van der Waals surface area contributed by atoms with E-state index in [-0.39, 0.29) is 11.4 Å². The van der Waals surface area contributed by atoms with Gasteiger partial charge in [-0.3, -0.25) is 4.79 Å². The van der Waals surface area contributed by atoms with Crippen molar-refractivity contribution in [1.82, 2.24) is 15.2 Å². The lowest BCUT2D eigenvalue weighted by molar-refractivity contribution is 0.0869. The highest BCUT2D eigenvalue weighted by atomic mass is 32.1. The van der Waals surface area contributed by atoms with Crippen LogP contribution in [-0.4, -0.2) is 42.0 Å². The number of hydrogen-bond donors (Lipinski definition) is 1. The van der Waals surface area contributed by atoms with Gasteiger partial charge in [-0.05, 0) is 45.1 Å². The maximum atomic E-state index is 12.6. The van der Waals surface area contributed by atoms with E-state index in [0.717, 1.165) is 35.2 Å². The van der Waals surface area contributed by atoms with Gasteiger partial charge in [0.25, 0.3) is 5.91 Å². The summed E-state index contributed by atoms with van der Waals surface area (Å²) in [5.41, 5.74) is 3.60. The van der Waals surface area contributed by atoms with Crippen molar-refractivity contribution >= 4 is 27.5 Å². The van der Waals surface area contributed by atoms with Crippen molar-refractivity contribution in [1.29, 1.82) is 0 Å². The van der Waals surface area contributed by atoms with Gasteiger partial charge >= 0.3 is 0 Å². The Morgan fingerprint density at radius 1 is 1.26 bits per heavy atom. The summed E-state index contributed by atoms with van der Waals surface area (Å²) in [6.07, 6.45) is 7.45. The minimum Gasteiger partial charge on any atom is -0.350 e. The fourth-order valence-electron chi connectivity index (χ4n) is 3.51. The van der Waals surface area contributed by atoms with Crippen LogP contribution < -0.4 is 5.32 Å². The Hall–Kier alpha value is -1.46. The first-order valence-corrected chi connectivity index (χ1v) is 9.28. The van der Waals surface area contributed by atoms with E-state index >= 15 is 0 Å². The van der Waals surface area contributed by atoms with E-state index in [1.165, 1.54) is 25.7 Å². The third kappa shape index (κ3) is 3.56. The molecule has 5 heteroatoms. The SMILES string of the molecule is CN(C)C1(CNC(=O)c2ccc3ncsc3c2)CCCCCC1. The molecule has 3 rings (SSSR count). The van der Waals surface area contributed by atoms with Gasteiger partial charge in [0.15, 0.2) is 0 Å². The predicted molar refractivity (Wildman–Crippen MR) is 96.1 cm³/mol. The molecule has 0 spiro atoms. The molecule has 1 N–H and O–H groups in total. The summed E-state index contributed by atoms with van der Waals surface area (Å²) in [7, 11) is 4.28. The molecule has 0 bridgehead atoms. The van der Waals surface area contributed by atoms with Crippen molar-refractivity contribution in [3.8, 4) is 0 Å². The van der Waals surface area contributed by atoms with Gasteiger partial charge < -0.3 is 10.2 Å². The number of fused-ring (bicyclic) bond motifs is 1. The molecule has 0 atom stereocenters.